The van der Waals surface area contributed by atoms with Crippen LogP contribution in [0.3, 0.4) is 0 Å². The van der Waals surface area contributed by atoms with E-state index in [4.69, 9.17) is 0 Å². The van der Waals surface area contributed by atoms with Crippen LogP contribution in [0.2, 0.25) is 0 Å². The van der Waals surface area contributed by atoms with Gasteiger partial charge in [-0.25, -0.2) is 0 Å². The molecule has 0 saturated heterocycles. The van der Waals surface area contributed by atoms with Crippen LogP contribution in [0.4, 0.5) is 0 Å². The molecule has 0 unspecified atom stereocenters. The highest BCUT2D eigenvalue weighted by atomic mass is 16.2. The fraction of sp³-hybridized carbons (Fsp3) is 0.636. The molecule has 0 aromatic heterocycles. The summed E-state index contributed by atoms with van der Waals surface area (Å²) in [6.07, 6.45) is 13.9. The molecule has 69 valence electrons. The fourth-order valence-electron chi connectivity index (χ4n) is 1.09. The summed E-state index contributed by atoms with van der Waals surface area (Å²) in [7, 11) is 0. The van der Waals surface area contributed by atoms with E-state index in [1.807, 2.05) is 6.08 Å². The molecule has 0 aliphatic carbocycles. The number of unbranched alkanes of at least 4 members (excludes halogenated alkanes) is 5. The summed E-state index contributed by atoms with van der Waals surface area (Å²) in [5, 5.41) is 9.87. The van der Waals surface area contributed by atoms with Gasteiger partial charge in [-0.1, -0.05) is 44.8 Å². The van der Waals surface area contributed by atoms with Crippen LogP contribution in [-0.2, 0) is 5.11 Å². The highest BCUT2D eigenvalue weighted by Gasteiger charge is 1.85. The maximum atomic E-state index is 9.87. The molecule has 0 aliphatic rings. The molecular formula is C11H19O. The van der Waals surface area contributed by atoms with Crippen molar-refractivity contribution in [1.29, 1.82) is 0 Å². The number of allylic oxidation sites excluding steroid dienone is 3. The Kier molecular flexibility index (Phi) is 9.66. The van der Waals surface area contributed by atoms with Gasteiger partial charge in [-0.05, 0) is 18.9 Å². The van der Waals surface area contributed by atoms with Crippen LogP contribution >= 0.6 is 0 Å². The van der Waals surface area contributed by atoms with Gasteiger partial charge >= 0.3 is 0 Å². The molecule has 0 aromatic rings. The second kappa shape index (κ2) is 10.3. The van der Waals surface area contributed by atoms with Crippen molar-refractivity contribution in [2.75, 3.05) is 0 Å². The van der Waals surface area contributed by atoms with E-state index in [9.17, 15) is 5.11 Å². The Morgan fingerprint density at radius 2 is 1.75 bits per heavy atom. The highest BCUT2D eigenvalue weighted by Crippen LogP contribution is 2.05. The summed E-state index contributed by atoms with van der Waals surface area (Å²) in [4.78, 5) is 0. The molecule has 1 heteroatoms. The largest absolute Gasteiger partial charge is 0.299 e. The molecule has 1 nitrogen and oxygen atoms in total. The third kappa shape index (κ3) is 9.28. The van der Waals surface area contributed by atoms with Crippen molar-refractivity contribution in [3.63, 3.8) is 0 Å². The Morgan fingerprint density at radius 3 is 2.42 bits per heavy atom. The van der Waals surface area contributed by atoms with Crippen LogP contribution in [0.5, 0.6) is 0 Å². The van der Waals surface area contributed by atoms with Gasteiger partial charge in [0.15, 0.2) is 0 Å². The van der Waals surface area contributed by atoms with Crippen LogP contribution in [0.1, 0.15) is 45.4 Å². The van der Waals surface area contributed by atoms with E-state index in [0.717, 1.165) is 12.7 Å². The molecule has 12 heavy (non-hydrogen) atoms. The lowest BCUT2D eigenvalue weighted by atomic mass is 10.1. The fourth-order valence-corrected chi connectivity index (χ4v) is 1.09. The van der Waals surface area contributed by atoms with E-state index in [2.05, 4.69) is 13.0 Å². The number of hydrogen-bond donors (Lipinski definition) is 0. The van der Waals surface area contributed by atoms with E-state index in [0.29, 0.717) is 0 Å². The van der Waals surface area contributed by atoms with Crippen molar-refractivity contribution in [3.05, 3.63) is 24.5 Å². The minimum absolute atomic E-state index is 0.813. The highest BCUT2D eigenvalue weighted by molar-refractivity contribution is 4.98. The smallest absolute Gasteiger partial charge is 0.142 e. The molecular weight excluding hydrogens is 148 g/mol. The van der Waals surface area contributed by atoms with Crippen molar-refractivity contribution < 1.29 is 5.11 Å². The van der Waals surface area contributed by atoms with Gasteiger partial charge < -0.3 is 0 Å². The van der Waals surface area contributed by atoms with Crippen LogP contribution in [0, 0.1) is 0 Å². The van der Waals surface area contributed by atoms with Crippen molar-refractivity contribution in [2.45, 2.75) is 45.4 Å². The molecule has 1 radical (unpaired) electrons. The molecule has 0 saturated carbocycles. The normalized spacial score (nSPS) is 11.8. The lowest BCUT2D eigenvalue weighted by molar-refractivity contribution is 0.352. The molecule has 0 aliphatic heterocycles. The Bertz CT molecular complexity index is 125. The molecule has 0 bridgehead atoms. The first-order chi connectivity index (χ1) is 5.91. The molecule has 0 spiro atoms. The second-order valence-corrected chi connectivity index (χ2v) is 2.96. The van der Waals surface area contributed by atoms with Gasteiger partial charge in [-0.15, -0.1) is 0 Å². The molecule has 0 amide bonds. The zero-order chi connectivity index (χ0) is 9.07. The lowest BCUT2D eigenvalue weighted by Crippen LogP contribution is -1.75. The zero-order valence-electron chi connectivity index (χ0n) is 7.96. The molecule has 0 fully saturated rings. The standard InChI is InChI=1S/C11H19O/c1-2-3-4-5-6-7-8-9-10-11-12/h8-11H,2-7H2,1H3. The lowest BCUT2D eigenvalue weighted by Gasteiger charge is -1.95. The summed E-state index contributed by atoms with van der Waals surface area (Å²) in [6.45, 7) is 2.22. The van der Waals surface area contributed by atoms with E-state index in [-0.39, 0.29) is 0 Å². The third-order valence-corrected chi connectivity index (χ3v) is 1.80. The molecule has 0 rings (SSSR count). The minimum atomic E-state index is 0.813. The number of hydrogen-bond acceptors (Lipinski definition) is 0. The first-order valence-corrected chi connectivity index (χ1v) is 4.85. The summed E-state index contributed by atoms with van der Waals surface area (Å²) in [5.74, 6) is 0. The average molecular weight is 167 g/mol. The van der Waals surface area contributed by atoms with Gasteiger partial charge in [-0.3, -0.25) is 5.11 Å². The Morgan fingerprint density at radius 1 is 1.00 bits per heavy atom. The summed E-state index contributed by atoms with van der Waals surface area (Å²) in [6, 6.07) is 0. The van der Waals surface area contributed by atoms with Gasteiger partial charge in [0.1, 0.15) is 6.26 Å². The Balaban J connectivity index is 3.00. The predicted molar refractivity (Wildman–Crippen MR) is 52.3 cm³/mol. The maximum absolute atomic E-state index is 9.87. The van der Waals surface area contributed by atoms with Crippen LogP contribution in [0.25, 0.3) is 0 Å². The molecule has 0 N–H and O–H groups in total. The van der Waals surface area contributed by atoms with E-state index in [1.54, 1.807) is 0 Å². The first kappa shape index (κ1) is 11.3. The van der Waals surface area contributed by atoms with Gasteiger partial charge in [-0.2, -0.15) is 0 Å². The Labute approximate surface area is 75.8 Å². The van der Waals surface area contributed by atoms with Gasteiger partial charge in [0.2, 0.25) is 0 Å². The summed E-state index contributed by atoms with van der Waals surface area (Å²) < 4.78 is 0. The van der Waals surface area contributed by atoms with Crippen molar-refractivity contribution in [3.8, 4) is 0 Å². The SMILES string of the molecule is CCCCCCCC=CC=C[O]. The van der Waals surface area contributed by atoms with Crippen molar-refractivity contribution >= 4 is 0 Å². The van der Waals surface area contributed by atoms with Crippen molar-refractivity contribution in [1.82, 2.24) is 0 Å². The quantitative estimate of drug-likeness (QED) is 0.312. The van der Waals surface area contributed by atoms with Gasteiger partial charge in [0.05, 0.1) is 0 Å². The number of rotatable bonds is 7. The average Bonchev–Trinajstić information content (AvgIpc) is 2.10. The second-order valence-electron chi connectivity index (χ2n) is 2.96. The molecule has 0 atom stereocenters. The predicted octanol–water partition coefficient (Wildman–Crippen LogP) is 3.85. The van der Waals surface area contributed by atoms with E-state index in [1.165, 1.54) is 38.2 Å². The maximum Gasteiger partial charge on any atom is 0.142 e. The van der Waals surface area contributed by atoms with Crippen LogP contribution < -0.4 is 0 Å². The third-order valence-electron chi connectivity index (χ3n) is 1.80. The van der Waals surface area contributed by atoms with Crippen molar-refractivity contribution in [2.24, 2.45) is 0 Å². The van der Waals surface area contributed by atoms with E-state index < -0.39 is 0 Å². The van der Waals surface area contributed by atoms with Crippen LogP contribution in [0.15, 0.2) is 24.5 Å². The zero-order valence-corrected chi connectivity index (χ0v) is 7.96. The van der Waals surface area contributed by atoms with Gasteiger partial charge in [0, 0.05) is 0 Å². The monoisotopic (exact) mass is 167 g/mol. The topological polar surface area (TPSA) is 19.9 Å². The summed E-state index contributed by atoms with van der Waals surface area (Å²) >= 11 is 0. The summed E-state index contributed by atoms with van der Waals surface area (Å²) in [5.41, 5.74) is 0. The first-order valence-electron chi connectivity index (χ1n) is 4.85. The van der Waals surface area contributed by atoms with Crippen LogP contribution in [-0.4, -0.2) is 0 Å². The minimum Gasteiger partial charge on any atom is -0.299 e. The molecule has 0 heterocycles. The van der Waals surface area contributed by atoms with E-state index >= 15 is 0 Å². The molecule has 0 aromatic carbocycles. The van der Waals surface area contributed by atoms with Gasteiger partial charge in [0.25, 0.3) is 0 Å². The Hall–Kier alpha value is -0.720.